The number of hydrogen-bond donors (Lipinski definition) is 1. The molecule has 2 heterocycles. The van der Waals surface area contributed by atoms with E-state index in [4.69, 9.17) is 11.6 Å². The van der Waals surface area contributed by atoms with E-state index in [1.54, 1.807) is 11.8 Å². The highest BCUT2D eigenvalue weighted by atomic mass is 35.5. The van der Waals surface area contributed by atoms with E-state index in [0.717, 1.165) is 17.7 Å². The maximum absolute atomic E-state index is 12.8. The number of halogens is 1. The van der Waals surface area contributed by atoms with Crippen LogP contribution in [-0.4, -0.2) is 28.3 Å². The Bertz CT molecular complexity index is 569. The molecule has 2 unspecified atom stereocenters. The molecule has 0 aromatic carbocycles. The average molecular weight is 313 g/mol. The van der Waals surface area contributed by atoms with E-state index >= 15 is 0 Å². The lowest BCUT2D eigenvalue weighted by Gasteiger charge is -2.43. The summed E-state index contributed by atoms with van der Waals surface area (Å²) in [5.41, 5.74) is -0.732. The van der Waals surface area contributed by atoms with E-state index < -0.39 is 11.6 Å². The number of piperazine rings is 1. The lowest BCUT2D eigenvalue weighted by Crippen LogP contribution is -2.69. The van der Waals surface area contributed by atoms with Gasteiger partial charge in [-0.1, -0.05) is 11.6 Å². The van der Waals surface area contributed by atoms with Crippen LogP contribution in [0.1, 0.15) is 31.6 Å². The smallest absolute Gasteiger partial charge is 0.249 e. The molecule has 2 amide bonds. The minimum absolute atomic E-state index is 0.0247. The van der Waals surface area contributed by atoms with Crippen molar-refractivity contribution in [3.8, 4) is 0 Å². The SMILES string of the molecule is CC1C(=O)NC(C)(C2CC2)C(=O)N1Cc1ccc(Cl)s1. The molecule has 1 aliphatic heterocycles. The van der Waals surface area contributed by atoms with Crippen LogP contribution in [0.4, 0.5) is 0 Å². The molecule has 2 aliphatic rings. The third-order valence-corrected chi connectivity index (χ3v) is 5.50. The van der Waals surface area contributed by atoms with Crippen molar-refractivity contribution in [3.05, 3.63) is 21.3 Å². The zero-order valence-electron chi connectivity index (χ0n) is 11.5. The Morgan fingerprint density at radius 3 is 2.70 bits per heavy atom. The van der Waals surface area contributed by atoms with E-state index in [2.05, 4.69) is 5.32 Å². The Balaban J connectivity index is 1.86. The van der Waals surface area contributed by atoms with Crippen LogP contribution in [0.15, 0.2) is 12.1 Å². The fourth-order valence-electron chi connectivity index (χ4n) is 2.78. The highest BCUT2D eigenvalue weighted by Gasteiger charge is 2.54. The number of nitrogens with one attached hydrogen (secondary N) is 1. The van der Waals surface area contributed by atoms with Crippen LogP contribution in [0.5, 0.6) is 0 Å². The molecule has 0 spiro atoms. The summed E-state index contributed by atoms with van der Waals surface area (Å²) in [6.07, 6.45) is 2.02. The van der Waals surface area contributed by atoms with Crippen LogP contribution in [0.3, 0.4) is 0 Å². The molecule has 1 aromatic rings. The molecule has 0 radical (unpaired) electrons. The molecular formula is C14H17ClN2O2S. The van der Waals surface area contributed by atoms with E-state index in [0.29, 0.717) is 10.9 Å². The molecule has 1 aromatic heterocycles. The molecule has 3 rings (SSSR count). The summed E-state index contributed by atoms with van der Waals surface area (Å²) in [6.45, 7) is 4.08. The lowest BCUT2D eigenvalue weighted by molar-refractivity contribution is -0.155. The normalized spacial score (nSPS) is 30.6. The Hall–Kier alpha value is -1.07. The first-order valence-electron chi connectivity index (χ1n) is 6.79. The number of nitrogens with zero attached hydrogens (tertiary/aromatic N) is 1. The van der Waals surface area contributed by atoms with Gasteiger partial charge in [-0.15, -0.1) is 11.3 Å². The van der Waals surface area contributed by atoms with Gasteiger partial charge >= 0.3 is 0 Å². The molecule has 1 saturated heterocycles. The standard InChI is InChI=1S/C14H17ClN2O2S/c1-8-12(18)16-14(2,9-3-4-9)13(19)17(8)7-10-5-6-11(15)20-10/h5-6,8-9H,3-4,7H2,1-2H3,(H,16,18). The number of thiophene rings is 1. The fraction of sp³-hybridized carbons (Fsp3) is 0.571. The molecule has 1 saturated carbocycles. The fourth-order valence-corrected chi connectivity index (χ4v) is 3.87. The molecule has 0 bridgehead atoms. The van der Waals surface area contributed by atoms with Crippen molar-refractivity contribution in [1.82, 2.24) is 10.2 Å². The zero-order chi connectivity index (χ0) is 14.5. The lowest BCUT2D eigenvalue weighted by atomic mass is 9.89. The second-order valence-electron chi connectivity index (χ2n) is 5.78. The van der Waals surface area contributed by atoms with Gasteiger partial charge in [0.2, 0.25) is 11.8 Å². The van der Waals surface area contributed by atoms with Crippen LogP contribution in [0.25, 0.3) is 0 Å². The summed E-state index contributed by atoms with van der Waals surface area (Å²) in [6, 6.07) is 3.30. The van der Waals surface area contributed by atoms with Crippen LogP contribution < -0.4 is 5.32 Å². The van der Waals surface area contributed by atoms with Gasteiger partial charge in [0.05, 0.1) is 10.9 Å². The predicted octanol–water partition coefficient (Wildman–Crippen LogP) is 2.42. The second-order valence-corrected chi connectivity index (χ2v) is 7.58. The zero-order valence-corrected chi connectivity index (χ0v) is 13.1. The highest BCUT2D eigenvalue weighted by molar-refractivity contribution is 7.16. The summed E-state index contributed by atoms with van der Waals surface area (Å²) in [7, 11) is 0. The van der Waals surface area contributed by atoms with Crippen molar-refractivity contribution in [1.29, 1.82) is 0 Å². The summed E-state index contributed by atoms with van der Waals surface area (Å²) in [5, 5.41) is 2.92. The second kappa shape index (κ2) is 4.74. The Kier molecular flexibility index (Phi) is 3.29. The molecule has 6 heteroatoms. The maximum Gasteiger partial charge on any atom is 0.249 e. The monoisotopic (exact) mass is 312 g/mol. The van der Waals surface area contributed by atoms with E-state index in [-0.39, 0.29) is 17.7 Å². The molecule has 2 atom stereocenters. The van der Waals surface area contributed by atoms with Gasteiger partial charge in [-0.2, -0.15) is 0 Å². The van der Waals surface area contributed by atoms with Crippen LogP contribution >= 0.6 is 22.9 Å². The summed E-state index contributed by atoms with van der Waals surface area (Å²) >= 11 is 7.38. The van der Waals surface area contributed by atoms with Gasteiger partial charge in [0.25, 0.3) is 0 Å². The molecule has 1 aliphatic carbocycles. The van der Waals surface area contributed by atoms with Gasteiger partial charge < -0.3 is 10.2 Å². The van der Waals surface area contributed by atoms with Gasteiger partial charge in [-0.3, -0.25) is 9.59 Å². The molecule has 108 valence electrons. The number of amides is 2. The Morgan fingerprint density at radius 2 is 2.15 bits per heavy atom. The Labute approximate surface area is 127 Å². The molecule has 1 N–H and O–H groups in total. The highest BCUT2D eigenvalue weighted by Crippen LogP contribution is 2.42. The van der Waals surface area contributed by atoms with Crippen molar-refractivity contribution < 1.29 is 9.59 Å². The van der Waals surface area contributed by atoms with Crippen LogP contribution in [-0.2, 0) is 16.1 Å². The van der Waals surface area contributed by atoms with Crippen LogP contribution in [0, 0.1) is 5.92 Å². The third-order valence-electron chi connectivity index (χ3n) is 4.28. The van der Waals surface area contributed by atoms with Gasteiger partial charge in [0, 0.05) is 4.88 Å². The van der Waals surface area contributed by atoms with Crippen molar-refractivity contribution in [3.63, 3.8) is 0 Å². The van der Waals surface area contributed by atoms with Gasteiger partial charge in [0.1, 0.15) is 11.6 Å². The number of hydrogen-bond acceptors (Lipinski definition) is 3. The van der Waals surface area contributed by atoms with Crippen molar-refractivity contribution in [2.75, 3.05) is 0 Å². The summed E-state index contributed by atoms with van der Waals surface area (Å²) in [5.74, 6) is 0.235. The van der Waals surface area contributed by atoms with E-state index in [1.165, 1.54) is 11.3 Å². The van der Waals surface area contributed by atoms with E-state index in [9.17, 15) is 9.59 Å². The topological polar surface area (TPSA) is 49.4 Å². The largest absolute Gasteiger partial charge is 0.340 e. The minimum atomic E-state index is -0.732. The third kappa shape index (κ3) is 2.23. The van der Waals surface area contributed by atoms with E-state index in [1.807, 2.05) is 19.1 Å². The number of rotatable bonds is 3. The number of carbonyl (C=O) groups is 2. The van der Waals surface area contributed by atoms with Gasteiger partial charge in [0.15, 0.2) is 0 Å². The van der Waals surface area contributed by atoms with Gasteiger partial charge in [-0.25, -0.2) is 0 Å². The molecule has 4 nitrogen and oxygen atoms in total. The quantitative estimate of drug-likeness (QED) is 0.932. The van der Waals surface area contributed by atoms with Crippen molar-refractivity contribution in [2.45, 2.75) is 44.8 Å². The minimum Gasteiger partial charge on any atom is -0.340 e. The molecule has 20 heavy (non-hydrogen) atoms. The summed E-state index contributed by atoms with van der Waals surface area (Å²) < 4.78 is 0.700. The van der Waals surface area contributed by atoms with Crippen molar-refractivity contribution >= 4 is 34.8 Å². The Morgan fingerprint density at radius 1 is 1.45 bits per heavy atom. The molecule has 2 fully saturated rings. The first-order chi connectivity index (χ1) is 9.41. The number of carbonyl (C=O) groups excluding carboxylic acids is 2. The average Bonchev–Trinajstić information content (AvgIpc) is 3.17. The first-order valence-corrected chi connectivity index (χ1v) is 7.98. The van der Waals surface area contributed by atoms with Crippen LogP contribution in [0.2, 0.25) is 4.34 Å². The maximum atomic E-state index is 12.8. The van der Waals surface area contributed by atoms with Crippen molar-refractivity contribution in [2.24, 2.45) is 5.92 Å². The first kappa shape index (κ1) is 13.9. The predicted molar refractivity (Wildman–Crippen MR) is 78.6 cm³/mol. The molecular weight excluding hydrogens is 296 g/mol. The van der Waals surface area contributed by atoms with Gasteiger partial charge in [-0.05, 0) is 44.7 Å². The summed E-state index contributed by atoms with van der Waals surface area (Å²) in [4.78, 5) is 27.6.